The van der Waals surface area contributed by atoms with Crippen LogP contribution in [-0.2, 0) is 9.59 Å². The van der Waals surface area contributed by atoms with Crippen LogP contribution in [0.25, 0.3) is 0 Å². The molecular weight excluding hydrogens is 292 g/mol. The molecule has 0 saturated heterocycles. The van der Waals surface area contributed by atoms with E-state index in [1.165, 1.54) is 0 Å². The minimum Gasteiger partial charge on any atom is -0.393 e. The Kier molecular flexibility index (Phi) is 3.20. The molecule has 4 nitrogen and oxygen atoms in total. The summed E-state index contributed by atoms with van der Waals surface area (Å²) in [6, 6.07) is 0. The van der Waals surface area contributed by atoms with Crippen molar-refractivity contribution in [3.63, 3.8) is 0 Å². The second kappa shape index (κ2) is 4.66. The van der Waals surface area contributed by atoms with E-state index in [0.29, 0.717) is 38.5 Å². The fourth-order valence-electron chi connectivity index (χ4n) is 6.86. The molecule has 0 aromatic rings. The summed E-state index contributed by atoms with van der Waals surface area (Å²) in [6.45, 7) is 4.16. The highest BCUT2D eigenvalue weighted by atomic mass is 16.3. The van der Waals surface area contributed by atoms with Gasteiger partial charge < -0.3 is 10.2 Å². The first kappa shape index (κ1) is 15.8. The molecule has 0 bridgehead atoms. The molecule has 2 N–H and O–H groups in total. The van der Waals surface area contributed by atoms with Gasteiger partial charge in [-0.25, -0.2) is 0 Å². The molecule has 4 aliphatic carbocycles. The Morgan fingerprint density at radius 1 is 1.13 bits per heavy atom. The molecule has 0 unspecified atom stereocenters. The Bertz CT molecular complexity index is 572. The lowest BCUT2D eigenvalue weighted by atomic mass is 9.42. The maximum atomic E-state index is 13.1. The van der Waals surface area contributed by atoms with Gasteiger partial charge in [0.15, 0.2) is 5.78 Å². The molecule has 7 atom stereocenters. The summed E-state index contributed by atoms with van der Waals surface area (Å²) < 4.78 is 0. The molecule has 23 heavy (non-hydrogen) atoms. The van der Waals surface area contributed by atoms with Crippen molar-refractivity contribution < 1.29 is 19.8 Å². The molecule has 0 spiro atoms. The van der Waals surface area contributed by atoms with Gasteiger partial charge in [0.25, 0.3) is 0 Å². The molecule has 4 heteroatoms. The lowest BCUT2D eigenvalue weighted by Crippen LogP contribution is -2.69. The van der Waals surface area contributed by atoms with E-state index in [1.54, 1.807) is 0 Å². The predicted octanol–water partition coefficient (Wildman–Crippen LogP) is 2.25. The van der Waals surface area contributed by atoms with Crippen LogP contribution >= 0.6 is 0 Å². The quantitative estimate of drug-likeness (QED) is 0.718. The standard InChI is InChI=1S/C19H28O4/c1-17-9-13(21)8-15(17)14-4-3-11-7-12(20)5-6-18(11,2)19(14,23)16(22)10-17/h11,13-15,21,23H,3-10H2,1-2H3/t11-,13-,14+,15+,17-,18-,19-/m0/s1. The van der Waals surface area contributed by atoms with Crippen molar-refractivity contribution in [3.8, 4) is 0 Å². The summed E-state index contributed by atoms with van der Waals surface area (Å²) in [4.78, 5) is 25.0. The van der Waals surface area contributed by atoms with E-state index >= 15 is 0 Å². The average molecular weight is 320 g/mol. The second-order valence-corrected chi connectivity index (χ2v) is 9.26. The van der Waals surface area contributed by atoms with E-state index < -0.39 is 11.0 Å². The molecule has 4 aliphatic rings. The number of aliphatic hydroxyl groups is 2. The average Bonchev–Trinajstić information content (AvgIpc) is 2.76. The van der Waals surface area contributed by atoms with Crippen molar-refractivity contribution in [3.05, 3.63) is 0 Å². The van der Waals surface area contributed by atoms with Gasteiger partial charge in [0.1, 0.15) is 11.4 Å². The number of ketones is 2. The van der Waals surface area contributed by atoms with Gasteiger partial charge in [-0.2, -0.15) is 0 Å². The van der Waals surface area contributed by atoms with E-state index in [-0.39, 0.29) is 40.8 Å². The molecule has 0 heterocycles. The smallest absolute Gasteiger partial charge is 0.165 e. The van der Waals surface area contributed by atoms with Gasteiger partial charge in [0, 0.05) is 24.7 Å². The van der Waals surface area contributed by atoms with E-state index in [0.717, 1.165) is 12.8 Å². The molecule has 4 fully saturated rings. The maximum Gasteiger partial charge on any atom is 0.165 e. The van der Waals surface area contributed by atoms with Crippen LogP contribution in [0.15, 0.2) is 0 Å². The van der Waals surface area contributed by atoms with Gasteiger partial charge in [0.2, 0.25) is 0 Å². The zero-order valence-corrected chi connectivity index (χ0v) is 14.2. The van der Waals surface area contributed by atoms with E-state index in [2.05, 4.69) is 6.92 Å². The van der Waals surface area contributed by atoms with Crippen LogP contribution in [0.4, 0.5) is 0 Å². The predicted molar refractivity (Wildman–Crippen MR) is 84.6 cm³/mol. The summed E-state index contributed by atoms with van der Waals surface area (Å²) in [6.07, 6.45) is 4.76. The highest BCUT2D eigenvalue weighted by Crippen LogP contribution is 2.66. The molecule has 4 saturated carbocycles. The van der Waals surface area contributed by atoms with Gasteiger partial charge in [0.05, 0.1) is 6.10 Å². The van der Waals surface area contributed by atoms with Crippen molar-refractivity contribution >= 4 is 11.6 Å². The topological polar surface area (TPSA) is 74.6 Å². The van der Waals surface area contributed by atoms with Crippen LogP contribution < -0.4 is 0 Å². The van der Waals surface area contributed by atoms with Gasteiger partial charge in [-0.3, -0.25) is 9.59 Å². The molecule has 4 rings (SSSR count). The molecule has 0 radical (unpaired) electrons. The molecule has 0 aromatic heterocycles. The van der Waals surface area contributed by atoms with Gasteiger partial charge in [-0.15, -0.1) is 0 Å². The lowest BCUT2D eigenvalue weighted by Gasteiger charge is -2.63. The Hall–Kier alpha value is -0.740. The zero-order valence-electron chi connectivity index (χ0n) is 14.2. The van der Waals surface area contributed by atoms with Crippen molar-refractivity contribution in [1.29, 1.82) is 0 Å². The number of carbonyl (C=O) groups excluding carboxylic acids is 2. The third-order valence-electron chi connectivity index (χ3n) is 8.13. The van der Waals surface area contributed by atoms with Crippen molar-refractivity contribution in [2.24, 2.45) is 28.6 Å². The Labute approximate surface area is 137 Å². The third kappa shape index (κ3) is 1.85. The van der Waals surface area contributed by atoms with Crippen LogP contribution in [0, 0.1) is 28.6 Å². The van der Waals surface area contributed by atoms with Crippen molar-refractivity contribution in [2.45, 2.75) is 76.9 Å². The number of carbonyl (C=O) groups is 2. The maximum absolute atomic E-state index is 13.1. The third-order valence-corrected chi connectivity index (χ3v) is 8.13. The zero-order chi connectivity index (χ0) is 16.6. The van der Waals surface area contributed by atoms with Crippen molar-refractivity contribution in [1.82, 2.24) is 0 Å². The highest BCUT2D eigenvalue weighted by molar-refractivity contribution is 5.91. The Morgan fingerprint density at radius 2 is 1.87 bits per heavy atom. The van der Waals surface area contributed by atoms with Crippen LogP contribution in [0.1, 0.15) is 65.2 Å². The first-order valence-corrected chi connectivity index (χ1v) is 9.16. The first-order valence-electron chi connectivity index (χ1n) is 9.16. The summed E-state index contributed by atoms with van der Waals surface area (Å²) in [5.74, 6) is 0.538. The number of hydrogen-bond acceptors (Lipinski definition) is 4. The summed E-state index contributed by atoms with van der Waals surface area (Å²) in [5, 5.41) is 21.9. The number of hydrogen-bond donors (Lipinski definition) is 2. The summed E-state index contributed by atoms with van der Waals surface area (Å²) in [7, 11) is 0. The largest absolute Gasteiger partial charge is 0.393 e. The molecular formula is C19H28O4. The molecule has 0 aliphatic heterocycles. The Morgan fingerprint density at radius 3 is 2.61 bits per heavy atom. The van der Waals surface area contributed by atoms with E-state index in [4.69, 9.17) is 0 Å². The number of fused-ring (bicyclic) bond motifs is 5. The first-order chi connectivity index (χ1) is 10.7. The lowest BCUT2D eigenvalue weighted by molar-refractivity contribution is -0.220. The monoisotopic (exact) mass is 320 g/mol. The van der Waals surface area contributed by atoms with E-state index in [1.807, 2.05) is 6.92 Å². The second-order valence-electron chi connectivity index (χ2n) is 9.26. The van der Waals surface area contributed by atoms with Crippen LogP contribution in [0.3, 0.4) is 0 Å². The van der Waals surface area contributed by atoms with E-state index in [9.17, 15) is 19.8 Å². The summed E-state index contributed by atoms with van der Waals surface area (Å²) in [5.41, 5.74) is -1.94. The fraction of sp³-hybridized carbons (Fsp3) is 0.895. The minimum absolute atomic E-state index is 0.0306. The van der Waals surface area contributed by atoms with Crippen LogP contribution in [0.5, 0.6) is 0 Å². The highest BCUT2D eigenvalue weighted by Gasteiger charge is 2.69. The molecule has 128 valence electrons. The fourth-order valence-corrected chi connectivity index (χ4v) is 6.86. The number of aliphatic hydroxyl groups excluding tert-OH is 1. The van der Waals surface area contributed by atoms with Gasteiger partial charge >= 0.3 is 0 Å². The normalized spacial score (nSPS) is 56.0. The van der Waals surface area contributed by atoms with Gasteiger partial charge in [-0.1, -0.05) is 13.8 Å². The van der Waals surface area contributed by atoms with Crippen molar-refractivity contribution in [2.75, 3.05) is 0 Å². The summed E-state index contributed by atoms with van der Waals surface area (Å²) >= 11 is 0. The number of Topliss-reactive ketones (excluding diaryl/α,β-unsaturated/α-hetero) is 2. The minimum atomic E-state index is -1.30. The number of rotatable bonds is 0. The Balaban J connectivity index is 1.77. The molecule has 0 amide bonds. The molecule has 0 aromatic carbocycles. The SMILES string of the molecule is C[C@]12CC(=O)[C@@]3(O)[C@H](CC[C@H]4CC(=O)CC[C@@]43C)[C@H]1C[C@H](O)C2. The van der Waals surface area contributed by atoms with Crippen LogP contribution in [0.2, 0.25) is 0 Å². The van der Waals surface area contributed by atoms with Gasteiger partial charge in [-0.05, 0) is 55.3 Å². The van der Waals surface area contributed by atoms with Crippen LogP contribution in [-0.4, -0.2) is 33.5 Å².